The third-order valence-corrected chi connectivity index (χ3v) is 3.09. The molecule has 0 aromatic heterocycles. The summed E-state index contributed by atoms with van der Waals surface area (Å²) in [6, 6.07) is 3.70. The van der Waals surface area contributed by atoms with E-state index in [0.29, 0.717) is 5.75 Å². The summed E-state index contributed by atoms with van der Waals surface area (Å²) >= 11 is 6.21. The normalized spacial score (nSPS) is 10.4. The van der Waals surface area contributed by atoms with Crippen LogP contribution in [0.4, 0.5) is 5.69 Å². The zero-order valence-corrected chi connectivity index (χ0v) is 13.3. The van der Waals surface area contributed by atoms with E-state index in [0.717, 1.165) is 0 Å². The molecule has 1 amide bonds. The van der Waals surface area contributed by atoms with Crippen molar-refractivity contribution in [3.63, 3.8) is 0 Å². The standard InChI is InChI=1S/C14H17ClN2O4/c1-14(2,3)13(18)17-12-10(21-5)6-9(20-4)8(7-16-19)11(12)15/h6H,1-5H3,(H,17,18). The van der Waals surface area contributed by atoms with Crippen molar-refractivity contribution >= 4 is 23.2 Å². The Balaban J connectivity index is 3.45. The summed E-state index contributed by atoms with van der Waals surface area (Å²) in [6.45, 7) is 5.29. The predicted octanol–water partition coefficient (Wildman–Crippen LogP) is 3.52. The Kier molecular flexibility index (Phi) is 5.28. The Hall–Kier alpha value is -2.13. The van der Waals surface area contributed by atoms with E-state index in [1.165, 1.54) is 20.3 Å². The molecule has 0 unspecified atom stereocenters. The molecular weight excluding hydrogens is 296 g/mol. The molecule has 0 aliphatic rings. The Labute approximate surface area is 128 Å². The summed E-state index contributed by atoms with van der Waals surface area (Å²) < 4.78 is 10.3. The number of nitrogens with one attached hydrogen (secondary N) is 1. The van der Waals surface area contributed by atoms with Gasteiger partial charge in [0.1, 0.15) is 17.2 Å². The van der Waals surface area contributed by atoms with E-state index in [-0.39, 0.29) is 27.9 Å². The number of amides is 1. The quantitative estimate of drug-likeness (QED) is 0.866. The molecule has 0 radical (unpaired) electrons. The van der Waals surface area contributed by atoms with Gasteiger partial charge in [0.05, 0.1) is 19.2 Å². The van der Waals surface area contributed by atoms with Crippen LogP contribution in [0.3, 0.4) is 0 Å². The van der Waals surface area contributed by atoms with Gasteiger partial charge in [-0.2, -0.15) is 0 Å². The zero-order chi connectivity index (χ0) is 16.2. The van der Waals surface area contributed by atoms with Gasteiger partial charge in [-0.05, 0) is 0 Å². The van der Waals surface area contributed by atoms with Crippen molar-refractivity contribution in [3.05, 3.63) is 26.9 Å². The fourth-order valence-electron chi connectivity index (χ4n) is 1.49. The summed E-state index contributed by atoms with van der Waals surface area (Å²) in [7, 11) is 2.84. The number of rotatable bonds is 3. The van der Waals surface area contributed by atoms with E-state index in [2.05, 4.69) is 16.4 Å². The monoisotopic (exact) mass is 312 g/mol. The maximum absolute atomic E-state index is 12.1. The van der Waals surface area contributed by atoms with Crippen molar-refractivity contribution in [2.75, 3.05) is 19.5 Å². The van der Waals surface area contributed by atoms with E-state index in [1.807, 2.05) is 0 Å². The minimum atomic E-state index is -0.620. The lowest BCUT2D eigenvalue weighted by Crippen LogP contribution is -2.28. The van der Waals surface area contributed by atoms with E-state index in [9.17, 15) is 10.0 Å². The number of methoxy groups -OCH3 is 2. The fourth-order valence-corrected chi connectivity index (χ4v) is 1.77. The average molecular weight is 313 g/mol. The molecular formula is C14H17ClN2O4. The Morgan fingerprint density at radius 3 is 2.33 bits per heavy atom. The lowest BCUT2D eigenvalue weighted by atomic mass is 9.95. The molecule has 1 N–H and O–H groups in total. The molecule has 0 fully saturated rings. The summed E-state index contributed by atoms with van der Waals surface area (Å²) in [6.07, 6.45) is 0. The van der Waals surface area contributed by atoms with Gasteiger partial charge in [0.2, 0.25) is 5.91 Å². The molecule has 1 aromatic carbocycles. The van der Waals surface area contributed by atoms with Crippen LogP contribution in [0.15, 0.2) is 6.07 Å². The Morgan fingerprint density at radius 2 is 1.90 bits per heavy atom. The lowest BCUT2D eigenvalue weighted by Gasteiger charge is -2.20. The van der Waals surface area contributed by atoms with Crippen molar-refractivity contribution in [2.24, 2.45) is 5.41 Å². The summed E-state index contributed by atoms with van der Waals surface area (Å²) in [5.74, 6) is 0.328. The molecule has 114 valence electrons. The number of hydrogen-bond acceptors (Lipinski definition) is 4. The molecule has 0 saturated heterocycles. The summed E-state index contributed by atoms with van der Waals surface area (Å²) in [4.78, 5) is 12.1. The predicted molar refractivity (Wildman–Crippen MR) is 82.4 cm³/mol. The molecule has 21 heavy (non-hydrogen) atoms. The highest BCUT2D eigenvalue weighted by Crippen LogP contribution is 2.41. The highest BCUT2D eigenvalue weighted by molar-refractivity contribution is 6.35. The van der Waals surface area contributed by atoms with Crippen LogP contribution >= 0.6 is 11.6 Å². The van der Waals surface area contributed by atoms with Gasteiger partial charge in [0.15, 0.2) is 5.56 Å². The first-order valence-corrected chi connectivity index (χ1v) is 6.48. The fraction of sp³-hybridized carbons (Fsp3) is 0.429. The van der Waals surface area contributed by atoms with Gasteiger partial charge in [-0.1, -0.05) is 32.4 Å². The number of anilines is 1. The van der Waals surface area contributed by atoms with Crippen LogP contribution in [0.1, 0.15) is 26.3 Å². The molecule has 7 heteroatoms. The molecule has 1 rings (SSSR count). The van der Waals surface area contributed by atoms with Gasteiger partial charge in [-0.25, -0.2) is 0 Å². The van der Waals surface area contributed by atoms with Crippen LogP contribution in [0.2, 0.25) is 5.02 Å². The number of carbonyl (C=O) groups excluding carboxylic acids is 1. The van der Waals surface area contributed by atoms with Crippen molar-refractivity contribution in [3.8, 4) is 17.6 Å². The highest BCUT2D eigenvalue weighted by Gasteiger charge is 2.26. The molecule has 0 heterocycles. The van der Waals surface area contributed by atoms with Crippen molar-refractivity contribution in [1.29, 1.82) is 0 Å². The summed E-state index contributed by atoms with van der Waals surface area (Å²) in [5, 5.41) is 15.8. The van der Waals surface area contributed by atoms with Gasteiger partial charge in [0, 0.05) is 16.5 Å². The second-order valence-electron chi connectivity index (χ2n) is 5.25. The van der Waals surface area contributed by atoms with Gasteiger partial charge in [0.25, 0.3) is 0 Å². The highest BCUT2D eigenvalue weighted by atomic mass is 35.5. The maximum atomic E-state index is 12.1. The number of halogens is 1. The van der Waals surface area contributed by atoms with E-state index >= 15 is 0 Å². The lowest BCUT2D eigenvalue weighted by molar-refractivity contribution is -0.123. The molecule has 0 bridgehead atoms. The van der Waals surface area contributed by atoms with Gasteiger partial charge >= 0.3 is 6.07 Å². The van der Waals surface area contributed by atoms with Crippen molar-refractivity contribution < 1.29 is 14.3 Å². The van der Waals surface area contributed by atoms with Crippen LogP contribution in [0.25, 0.3) is 5.01 Å². The van der Waals surface area contributed by atoms with Gasteiger partial charge < -0.3 is 20.0 Å². The van der Waals surface area contributed by atoms with Gasteiger partial charge in [-0.15, -0.1) is 0 Å². The molecule has 0 aliphatic carbocycles. The van der Waals surface area contributed by atoms with Crippen LogP contribution in [-0.4, -0.2) is 20.1 Å². The van der Waals surface area contributed by atoms with Crippen molar-refractivity contribution in [2.45, 2.75) is 20.8 Å². The zero-order valence-electron chi connectivity index (χ0n) is 12.5. The largest absolute Gasteiger partial charge is 0.498 e. The molecule has 6 nitrogen and oxygen atoms in total. The second-order valence-corrected chi connectivity index (χ2v) is 5.63. The number of hydrogen-bond donors (Lipinski definition) is 1. The van der Waals surface area contributed by atoms with Crippen LogP contribution in [0.5, 0.6) is 11.5 Å². The molecule has 0 spiro atoms. The number of carbonyl (C=O) groups is 1. The first-order valence-electron chi connectivity index (χ1n) is 6.10. The van der Waals surface area contributed by atoms with Crippen LogP contribution < -0.4 is 14.8 Å². The van der Waals surface area contributed by atoms with E-state index < -0.39 is 5.41 Å². The number of nitrogens with zero attached hydrogens (tertiary/aromatic N) is 1. The third-order valence-electron chi connectivity index (χ3n) is 2.71. The number of ether oxygens (including phenoxy) is 2. The molecule has 0 aliphatic heterocycles. The van der Waals surface area contributed by atoms with Crippen LogP contribution in [0, 0.1) is 16.7 Å². The first kappa shape index (κ1) is 16.9. The van der Waals surface area contributed by atoms with E-state index in [1.54, 1.807) is 20.8 Å². The Bertz CT molecular complexity index is 612. The summed E-state index contributed by atoms with van der Waals surface area (Å²) in [5.41, 5.74) is -0.227. The third kappa shape index (κ3) is 3.70. The average Bonchev–Trinajstić information content (AvgIpc) is 2.42. The smallest absolute Gasteiger partial charge is 0.342 e. The minimum Gasteiger partial charge on any atom is -0.498 e. The van der Waals surface area contributed by atoms with Crippen LogP contribution in [-0.2, 0) is 4.79 Å². The van der Waals surface area contributed by atoms with Crippen molar-refractivity contribution in [1.82, 2.24) is 0 Å². The first-order chi connectivity index (χ1) is 9.76. The SMILES string of the molecule is COc1cc(OC)c(NC(=O)C(C)(C)C)c(Cl)c1C#[N+][O-]. The molecule has 1 aromatic rings. The Morgan fingerprint density at radius 1 is 1.33 bits per heavy atom. The molecule has 0 atom stereocenters. The topological polar surface area (TPSA) is 75.0 Å². The second kappa shape index (κ2) is 6.55. The number of benzene rings is 1. The maximum Gasteiger partial charge on any atom is 0.342 e. The minimum absolute atomic E-state index is 0.0726. The molecule has 0 saturated carbocycles. The van der Waals surface area contributed by atoms with Gasteiger partial charge in [-0.3, -0.25) is 4.79 Å². The van der Waals surface area contributed by atoms with E-state index in [4.69, 9.17) is 21.1 Å².